The van der Waals surface area contributed by atoms with Crippen molar-refractivity contribution in [2.75, 3.05) is 0 Å². The molecule has 3 rings (SSSR count). The molecule has 0 aliphatic heterocycles. The summed E-state index contributed by atoms with van der Waals surface area (Å²) in [7, 11) is 0. The second-order valence-electron chi connectivity index (χ2n) is 8.79. The zero-order valence-electron chi connectivity index (χ0n) is 18.3. The topological polar surface area (TPSA) is 9.23 Å². The quantitative estimate of drug-likeness (QED) is 0.347. The summed E-state index contributed by atoms with van der Waals surface area (Å²) in [6.07, 6.45) is -0.323. The zero-order chi connectivity index (χ0) is 24.2. The van der Waals surface area contributed by atoms with Crippen LogP contribution in [0.15, 0.2) is 36.4 Å². The Balaban J connectivity index is 1.59. The first-order valence-electron chi connectivity index (χ1n) is 11.2. The van der Waals surface area contributed by atoms with Crippen LogP contribution in [-0.2, 0) is 18.7 Å². The summed E-state index contributed by atoms with van der Waals surface area (Å²) in [6, 6.07) is 5.80. The maximum atomic E-state index is 14.4. The van der Waals surface area contributed by atoms with Crippen molar-refractivity contribution in [3.8, 4) is 5.75 Å². The van der Waals surface area contributed by atoms with Crippen LogP contribution >= 0.6 is 0 Å². The minimum absolute atomic E-state index is 0.0600. The lowest BCUT2D eigenvalue weighted by Crippen LogP contribution is -2.23. The molecule has 0 atom stereocenters. The van der Waals surface area contributed by atoms with Crippen molar-refractivity contribution < 1.29 is 35.5 Å². The molecule has 0 unspecified atom stereocenters. The van der Waals surface area contributed by atoms with Crippen LogP contribution in [0.1, 0.15) is 68.6 Å². The van der Waals surface area contributed by atoms with Gasteiger partial charge in [-0.2, -0.15) is 22.0 Å². The SMILES string of the molecule is CCCC1CCC(CCc2ccc(OC(F)(F)c3cc(F)c(C(F)(F)F)c(F)c3)cc2)CC1. The summed E-state index contributed by atoms with van der Waals surface area (Å²) in [5.74, 6) is -3.02. The van der Waals surface area contributed by atoms with Gasteiger partial charge in [0.1, 0.15) is 22.9 Å². The third-order valence-corrected chi connectivity index (χ3v) is 6.34. The molecule has 0 N–H and O–H groups in total. The van der Waals surface area contributed by atoms with Crippen molar-refractivity contribution in [2.24, 2.45) is 11.8 Å². The van der Waals surface area contributed by atoms with Gasteiger partial charge in [-0.25, -0.2) is 8.78 Å². The Hall–Kier alpha value is -2.25. The summed E-state index contributed by atoms with van der Waals surface area (Å²) < 4.78 is 98.6. The van der Waals surface area contributed by atoms with Crippen LogP contribution in [0.2, 0.25) is 0 Å². The van der Waals surface area contributed by atoms with Gasteiger partial charge in [-0.1, -0.05) is 57.6 Å². The molecular formula is C25H27F7O. The van der Waals surface area contributed by atoms with Gasteiger partial charge in [0.05, 0.1) is 5.56 Å². The highest BCUT2D eigenvalue weighted by molar-refractivity contribution is 5.32. The Labute approximate surface area is 188 Å². The smallest absolute Gasteiger partial charge is 0.426 e. The summed E-state index contributed by atoms with van der Waals surface area (Å²) in [4.78, 5) is 0. The predicted octanol–water partition coefficient (Wildman–Crippen LogP) is 8.65. The predicted molar refractivity (Wildman–Crippen MR) is 111 cm³/mol. The fraction of sp³-hybridized carbons (Fsp3) is 0.520. The molecule has 0 bridgehead atoms. The van der Waals surface area contributed by atoms with Gasteiger partial charge in [0, 0.05) is 0 Å². The lowest BCUT2D eigenvalue weighted by Gasteiger charge is -2.28. The molecule has 8 heteroatoms. The van der Waals surface area contributed by atoms with Crippen molar-refractivity contribution in [1.29, 1.82) is 0 Å². The molecule has 182 valence electrons. The van der Waals surface area contributed by atoms with Crippen molar-refractivity contribution in [1.82, 2.24) is 0 Å². The van der Waals surface area contributed by atoms with Gasteiger partial charge < -0.3 is 4.74 Å². The molecule has 0 heterocycles. The van der Waals surface area contributed by atoms with E-state index in [0.717, 1.165) is 24.3 Å². The van der Waals surface area contributed by atoms with E-state index in [1.807, 2.05) is 0 Å². The molecule has 33 heavy (non-hydrogen) atoms. The van der Waals surface area contributed by atoms with Crippen molar-refractivity contribution >= 4 is 0 Å². The maximum Gasteiger partial charge on any atom is 0.426 e. The molecule has 0 saturated heterocycles. The fourth-order valence-electron chi connectivity index (χ4n) is 4.53. The molecular weight excluding hydrogens is 449 g/mol. The molecule has 2 aromatic rings. The van der Waals surface area contributed by atoms with Gasteiger partial charge in [0.2, 0.25) is 0 Å². The Kier molecular flexibility index (Phi) is 7.96. The molecule has 1 aliphatic rings. The Morgan fingerprint density at radius 3 is 1.82 bits per heavy atom. The number of alkyl halides is 5. The molecule has 2 aromatic carbocycles. The molecule has 1 nitrogen and oxygen atoms in total. The second kappa shape index (κ2) is 10.3. The zero-order valence-corrected chi connectivity index (χ0v) is 18.3. The van der Waals surface area contributed by atoms with E-state index in [4.69, 9.17) is 0 Å². The van der Waals surface area contributed by atoms with Gasteiger partial charge in [0.15, 0.2) is 0 Å². The Bertz CT molecular complexity index is 890. The molecule has 0 amide bonds. The summed E-state index contributed by atoms with van der Waals surface area (Å²) in [5, 5.41) is 0. The Morgan fingerprint density at radius 1 is 0.818 bits per heavy atom. The fourth-order valence-corrected chi connectivity index (χ4v) is 4.53. The minimum Gasteiger partial charge on any atom is -0.429 e. The molecule has 1 saturated carbocycles. The van der Waals surface area contributed by atoms with E-state index in [1.165, 1.54) is 50.7 Å². The van der Waals surface area contributed by atoms with Crippen molar-refractivity contribution in [3.63, 3.8) is 0 Å². The summed E-state index contributed by atoms with van der Waals surface area (Å²) >= 11 is 0. The van der Waals surface area contributed by atoms with E-state index in [2.05, 4.69) is 11.7 Å². The number of halogens is 7. The van der Waals surface area contributed by atoms with Crippen LogP contribution in [-0.4, -0.2) is 0 Å². The number of hydrogen-bond acceptors (Lipinski definition) is 1. The van der Waals surface area contributed by atoms with Crippen molar-refractivity contribution in [2.45, 2.75) is 70.6 Å². The average Bonchev–Trinajstić information content (AvgIpc) is 2.73. The van der Waals surface area contributed by atoms with E-state index in [9.17, 15) is 30.7 Å². The van der Waals surface area contributed by atoms with E-state index >= 15 is 0 Å². The minimum atomic E-state index is -5.34. The van der Waals surface area contributed by atoms with Gasteiger partial charge in [-0.05, 0) is 54.5 Å². The van der Waals surface area contributed by atoms with E-state index in [-0.39, 0.29) is 17.9 Å². The van der Waals surface area contributed by atoms with Gasteiger partial charge in [-0.3, -0.25) is 0 Å². The number of benzene rings is 2. The summed E-state index contributed by atoms with van der Waals surface area (Å²) in [6.45, 7) is 2.20. The third kappa shape index (κ3) is 6.64. The first-order chi connectivity index (χ1) is 15.5. The number of rotatable bonds is 8. The standard InChI is InChI=1S/C25H27F7O/c1-2-3-16-4-6-17(7-5-16)8-9-18-10-12-20(13-11-18)33-25(31,32)19-14-21(26)23(22(27)15-19)24(28,29)30/h10-17H,2-9H2,1H3. The Morgan fingerprint density at radius 2 is 1.33 bits per heavy atom. The second-order valence-corrected chi connectivity index (χ2v) is 8.79. The highest BCUT2D eigenvalue weighted by Gasteiger charge is 2.42. The normalized spacial score (nSPS) is 19.5. The van der Waals surface area contributed by atoms with Crippen LogP contribution < -0.4 is 4.74 Å². The van der Waals surface area contributed by atoms with Crippen LogP contribution in [0, 0.1) is 23.5 Å². The number of ether oxygens (including phenoxy) is 1. The molecule has 1 aliphatic carbocycles. The monoisotopic (exact) mass is 476 g/mol. The van der Waals surface area contributed by atoms with Crippen LogP contribution in [0.5, 0.6) is 5.75 Å². The van der Waals surface area contributed by atoms with Gasteiger partial charge in [0.25, 0.3) is 0 Å². The van der Waals surface area contributed by atoms with E-state index < -0.39 is 35.0 Å². The van der Waals surface area contributed by atoms with Crippen LogP contribution in [0.25, 0.3) is 0 Å². The molecule has 0 spiro atoms. The average molecular weight is 476 g/mol. The molecule has 1 fully saturated rings. The summed E-state index contributed by atoms with van der Waals surface area (Å²) in [5.41, 5.74) is -2.61. The van der Waals surface area contributed by atoms with Gasteiger partial charge in [-0.15, -0.1) is 0 Å². The largest absolute Gasteiger partial charge is 0.429 e. The lowest BCUT2D eigenvalue weighted by atomic mass is 9.78. The molecule has 0 radical (unpaired) electrons. The third-order valence-electron chi connectivity index (χ3n) is 6.34. The highest BCUT2D eigenvalue weighted by Crippen LogP contribution is 2.38. The number of hydrogen-bond donors (Lipinski definition) is 0. The first-order valence-corrected chi connectivity index (χ1v) is 11.2. The van der Waals surface area contributed by atoms with Crippen LogP contribution in [0.3, 0.4) is 0 Å². The number of aryl methyl sites for hydroxylation is 1. The lowest BCUT2D eigenvalue weighted by molar-refractivity contribution is -0.186. The molecule has 0 aromatic heterocycles. The van der Waals surface area contributed by atoms with E-state index in [0.29, 0.717) is 5.92 Å². The van der Waals surface area contributed by atoms with E-state index in [1.54, 1.807) is 12.1 Å². The van der Waals surface area contributed by atoms with Crippen LogP contribution in [0.4, 0.5) is 30.7 Å². The first kappa shape index (κ1) is 25.4. The van der Waals surface area contributed by atoms with Crippen molar-refractivity contribution in [3.05, 3.63) is 64.7 Å². The van der Waals surface area contributed by atoms with Gasteiger partial charge >= 0.3 is 12.3 Å². The highest BCUT2D eigenvalue weighted by atomic mass is 19.4. The maximum absolute atomic E-state index is 14.4.